The Kier molecular flexibility index (Phi) is 4.39. The van der Waals surface area contributed by atoms with Crippen molar-refractivity contribution < 1.29 is 0 Å². The van der Waals surface area contributed by atoms with Gasteiger partial charge < -0.3 is 5.32 Å². The molecule has 0 bridgehead atoms. The molecule has 5 nitrogen and oxygen atoms in total. The maximum Gasteiger partial charge on any atom is 0.350 e. The number of nitrogens with one attached hydrogen (secondary N) is 1. The molecule has 1 aromatic heterocycles. The van der Waals surface area contributed by atoms with Crippen LogP contribution in [0.25, 0.3) is 5.69 Å². The van der Waals surface area contributed by atoms with E-state index in [9.17, 15) is 4.79 Å². The van der Waals surface area contributed by atoms with E-state index in [2.05, 4.69) is 16.5 Å². The predicted octanol–water partition coefficient (Wildman–Crippen LogP) is 2.11. The van der Waals surface area contributed by atoms with Crippen molar-refractivity contribution in [3.63, 3.8) is 0 Å². The minimum absolute atomic E-state index is 0.132. The van der Waals surface area contributed by atoms with Crippen molar-refractivity contribution in [3.8, 4) is 5.69 Å². The predicted molar refractivity (Wildman–Crippen MR) is 90.9 cm³/mol. The molecule has 1 heterocycles. The summed E-state index contributed by atoms with van der Waals surface area (Å²) in [6.45, 7) is 3.32. The van der Waals surface area contributed by atoms with Crippen LogP contribution in [0, 0.1) is 6.92 Å². The van der Waals surface area contributed by atoms with E-state index < -0.39 is 0 Å². The fraction of sp³-hybridized carbons (Fsp3) is 0.222. The molecule has 0 atom stereocenters. The third-order valence-electron chi connectivity index (χ3n) is 3.74. The van der Waals surface area contributed by atoms with Gasteiger partial charge in [-0.25, -0.2) is 14.0 Å². The van der Waals surface area contributed by atoms with Crippen LogP contribution in [0.2, 0.25) is 0 Å². The minimum Gasteiger partial charge on any atom is -0.316 e. The zero-order chi connectivity index (χ0) is 16.2. The van der Waals surface area contributed by atoms with Gasteiger partial charge in [-0.15, -0.1) is 0 Å². The van der Waals surface area contributed by atoms with Crippen LogP contribution in [0.5, 0.6) is 0 Å². The summed E-state index contributed by atoms with van der Waals surface area (Å²) < 4.78 is 3.05. The molecule has 0 saturated heterocycles. The van der Waals surface area contributed by atoms with Crippen LogP contribution >= 0.6 is 0 Å². The highest BCUT2D eigenvalue weighted by Crippen LogP contribution is 2.08. The van der Waals surface area contributed by atoms with Crippen LogP contribution in [-0.2, 0) is 13.1 Å². The SMILES string of the molecule is CNCc1ccc(-n2cnn(Cc3cccc(C)c3)c2=O)cc1. The van der Waals surface area contributed by atoms with Crippen LogP contribution in [0.4, 0.5) is 0 Å². The molecule has 3 aromatic rings. The highest BCUT2D eigenvalue weighted by molar-refractivity contribution is 5.34. The fourth-order valence-corrected chi connectivity index (χ4v) is 2.58. The Balaban J connectivity index is 1.85. The van der Waals surface area contributed by atoms with Crippen molar-refractivity contribution in [2.75, 3.05) is 7.05 Å². The van der Waals surface area contributed by atoms with Crippen LogP contribution in [0.15, 0.2) is 59.7 Å². The summed E-state index contributed by atoms with van der Waals surface area (Å²) in [5.41, 5.74) is 4.12. The van der Waals surface area contributed by atoms with E-state index in [1.807, 2.05) is 56.4 Å². The van der Waals surface area contributed by atoms with E-state index in [4.69, 9.17) is 0 Å². The van der Waals surface area contributed by atoms with Crippen molar-refractivity contribution in [3.05, 3.63) is 82.0 Å². The molecule has 1 N–H and O–H groups in total. The van der Waals surface area contributed by atoms with Gasteiger partial charge in [-0.2, -0.15) is 5.10 Å². The highest BCUT2D eigenvalue weighted by Gasteiger charge is 2.07. The van der Waals surface area contributed by atoms with E-state index in [1.165, 1.54) is 15.8 Å². The first-order valence-electron chi connectivity index (χ1n) is 7.61. The Hall–Kier alpha value is -2.66. The second kappa shape index (κ2) is 6.62. The van der Waals surface area contributed by atoms with Gasteiger partial charge in [0, 0.05) is 6.54 Å². The summed E-state index contributed by atoms with van der Waals surface area (Å²) in [6.07, 6.45) is 1.57. The molecule has 2 aromatic carbocycles. The van der Waals surface area contributed by atoms with Gasteiger partial charge in [0.2, 0.25) is 0 Å². The van der Waals surface area contributed by atoms with Crippen LogP contribution in [0.1, 0.15) is 16.7 Å². The fourth-order valence-electron chi connectivity index (χ4n) is 2.58. The van der Waals surface area contributed by atoms with Crippen molar-refractivity contribution in [1.29, 1.82) is 0 Å². The molecule has 0 amide bonds. The van der Waals surface area contributed by atoms with Crippen molar-refractivity contribution in [2.45, 2.75) is 20.0 Å². The van der Waals surface area contributed by atoms with E-state index >= 15 is 0 Å². The third kappa shape index (κ3) is 3.40. The molecule has 3 rings (SSSR count). The Morgan fingerprint density at radius 1 is 1.09 bits per heavy atom. The second-order valence-corrected chi connectivity index (χ2v) is 5.63. The Labute approximate surface area is 135 Å². The maximum atomic E-state index is 12.5. The summed E-state index contributed by atoms with van der Waals surface area (Å²) in [6, 6.07) is 16.0. The molecule has 0 saturated carbocycles. The van der Waals surface area contributed by atoms with E-state index in [-0.39, 0.29) is 5.69 Å². The topological polar surface area (TPSA) is 51.9 Å². The van der Waals surface area contributed by atoms with Crippen LogP contribution in [0.3, 0.4) is 0 Å². The van der Waals surface area contributed by atoms with E-state index in [1.54, 1.807) is 10.9 Å². The molecule has 0 unspecified atom stereocenters. The number of hydrogen-bond donors (Lipinski definition) is 1. The lowest BCUT2D eigenvalue weighted by Crippen LogP contribution is -2.24. The highest BCUT2D eigenvalue weighted by atomic mass is 16.2. The molecule has 0 aliphatic heterocycles. The van der Waals surface area contributed by atoms with Gasteiger partial charge in [-0.05, 0) is 37.2 Å². The first-order chi connectivity index (χ1) is 11.2. The van der Waals surface area contributed by atoms with Gasteiger partial charge in [-0.3, -0.25) is 0 Å². The Bertz CT molecular complexity index is 846. The number of hydrogen-bond acceptors (Lipinski definition) is 3. The molecular formula is C18H20N4O. The van der Waals surface area contributed by atoms with E-state index in [0.717, 1.165) is 17.8 Å². The minimum atomic E-state index is -0.132. The molecular weight excluding hydrogens is 288 g/mol. The zero-order valence-corrected chi connectivity index (χ0v) is 13.4. The molecule has 118 valence electrons. The standard InChI is InChI=1S/C18H20N4O/c1-14-4-3-5-16(10-14)12-22-18(23)21(13-20-22)17-8-6-15(7-9-17)11-19-2/h3-10,13,19H,11-12H2,1-2H3. The average Bonchev–Trinajstić information content (AvgIpc) is 2.90. The quantitative estimate of drug-likeness (QED) is 0.785. The zero-order valence-electron chi connectivity index (χ0n) is 13.4. The smallest absolute Gasteiger partial charge is 0.316 e. The Morgan fingerprint density at radius 2 is 1.87 bits per heavy atom. The number of rotatable bonds is 5. The van der Waals surface area contributed by atoms with Gasteiger partial charge in [0.25, 0.3) is 0 Å². The monoisotopic (exact) mass is 308 g/mol. The van der Waals surface area contributed by atoms with Gasteiger partial charge in [0.1, 0.15) is 6.33 Å². The molecule has 5 heteroatoms. The summed E-state index contributed by atoms with van der Waals surface area (Å²) >= 11 is 0. The van der Waals surface area contributed by atoms with Crippen molar-refractivity contribution in [2.24, 2.45) is 0 Å². The summed E-state index contributed by atoms with van der Waals surface area (Å²) in [5.74, 6) is 0. The van der Waals surface area contributed by atoms with Gasteiger partial charge in [-0.1, -0.05) is 42.0 Å². The number of benzene rings is 2. The van der Waals surface area contributed by atoms with Crippen LogP contribution < -0.4 is 11.0 Å². The lowest BCUT2D eigenvalue weighted by molar-refractivity contribution is 0.653. The lowest BCUT2D eigenvalue weighted by atomic mass is 10.1. The average molecular weight is 308 g/mol. The van der Waals surface area contributed by atoms with Crippen molar-refractivity contribution >= 4 is 0 Å². The first-order valence-corrected chi connectivity index (χ1v) is 7.61. The number of nitrogens with zero attached hydrogens (tertiary/aromatic N) is 3. The molecule has 0 spiro atoms. The third-order valence-corrected chi connectivity index (χ3v) is 3.74. The van der Waals surface area contributed by atoms with Gasteiger partial charge in [0.05, 0.1) is 12.2 Å². The second-order valence-electron chi connectivity index (χ2n) is 5.63. The largest absolute Gasteiger partial charge is 0.350 e. The normalized spacial score (nSPS) is 10.9. The van der Waals surface area contributed by atoms with E-state index in [0.29, 0.717) is 6.54 Å². The van der Waals surface area contributed by atoms with Gasteiger partial charge in [0.15, 0.2) is 0 Å². The summed E-state index contributed by atoms with van der Waals surface area (Å²) in [5, 5.41) is 7.34. The summed E-state index contributed by atoms with van der Waals surface area (Å²) in [4.78, 5) is 12.5. The Morgan fingerprint density at radius 3 is 2.57 bits per heavy atom. The maximum absolute atomic E-state index is 12.5. The number of aryl methyl sites for hydroxylation is 1. The van der Waals surface area contributed by atoms with Crippen molar-refractivity contribution in [1.82, 2.24) is 19.7 Å². The molecule has 23 heavy (non-hydrogen) atoms. The number of aromatic nitrogens is 3. The molecule has 0 fully saturated rings. The molecule has 0 aliphatic carbocycles. The molecule has 0 aliphatic rings. The lowest BCUT2D eigenvalue weighted by Gasteiger charge is -2.04. The van der Waals surface area contributed by atoms with Crippen LogP contribution in [-0.4, -0.2) is 21.4 Å². The molecule has 0 radical (unpaired) electrons. The summed E-state index contributed by atoms with van der Waals surface area (Å²) in [7, 11) is 1.91. The van der Waals surface area contributed by atoms with Gasteiger partial charge >= 0.3 is 5.69 Å². The first kappa shape index (κ1) is 15.2.